The Morgan fingerprint density at radius 1 is 1.59 bits per heavy atom. The standard InChI is InChI=1S/C10H5N5O2/c11-7-8-3-4-9(2-1-5-13-14-12)10(6-8)15(16)17/h3-4,6H,5H2. The van der Waals surface area contributed by atoms with Crippen LogP contribution in [0.5, 0.6) is 0 Å². The Morgan fingerprint density at radius 2 is 2.35 bits per heavy atom. The van der Waals surface area contributed by atoms with Gasteiger partial charge in [0.25, 0.3) is 5.69 Å². The third-order valence-corrected chi connectivity index (χ3v) is 1.76. The smallest absolute Gasteiger partial charge is 0.258 e. The number of nitriles is 1. The van der Waals surface area contributed by atoms with Crippen LogP contribution in [0.3, 0.4) is 0 Å². The zero-order chi connectivity index (χ0) is 12.7. The summed E-state index contributed by atoms with van der Waals surface area (Å²) in [7, 11) is 0. The van der Waals surface area contributed by atoms with Crippen LogP contribution in [-0.4, -0.2) is 11.5 Å². The van der Waals surface area contributed by atoms with E-state index in [-0.39, 0.29) is 23.4 Å². The molecule has 82 valence electrons. The molecule has 0 spiro atoms. The van der Waals surface area contributed by atoms with Gasteiger partial charge in [0.1, 0.15) is 5.56 Å². The van der Waals surface area contributed by atoms with Gasteiger partial charge < -0.3 is 0 Å². The second-order valence-electron chi connectivity index (χ2n) is 2.79. The molecule has 0 saturated heterocycles. The van der Waals surface area contributed by atoms with Crippen LogP contribution in [0.4, 0.5) is 5.69 Å². The molecule has 1 aromatic carbocycles. The predicted octanol–water partition coefficient (Wildman–Crippen LogP) is 2.13. The molecule has 17 heavy (non-hydrogen) atoms. The molecule has 1 aromatic rings. The minimum atomic E-state index is -0.613. The summed E-state index contributed by atoms with van der Waals surface area (Å²) < 4.78 is 0. The maximum absolute atomic E-state index is 10.7. The Kier molecular flexibility index (Phi) is 4.09. The molecule has 0 aliphatic carbocycles. The average Bonchev–Trinajstić information content (AvgIpc) is 2.34. The SMILES string of the molecule is N#Cc1ccc(C#CCN=[N+]=[N-])c([N+](=O)[O-])c1. The van der Waals surface area contributed by atoms with Gasteiger partial charge >= 0.3 is 0 Å². The van der Waals surface area contributed by atoms with E-state index in [2.05, 4.69) is 21.9 Å². The van der Waals surface area contributed by atoms with Crippen molar-refractivity contribution in [1.82, 2.24) is 0 Å². The molecule has 0 heterocycles. The van der Waals surface area contributed by atoms with Crippen LogP contribution in [-0.2, 0) is 0 Å². The first-order valence-corrected chi connectivity index (χ1v) is 4.37. The first kappa shape index (κ1) is 12.1. The van der Waals surface area contributed by atoms with E-state index < -0.39 is 4.92 Å². The highest BCUT2D eigenvalue weighted by Gasteiger charge is 2.12. The summed E-state index contributed by atoms with van der Waals surface area (Å²) in [5.74, 6) is 4.99. The second-order valence-corrected chi connectivity index (χ2v) is 2.79. The van der Waals surface area contributed by atoms with E-state index in [1.165, 1.54) is 12.1 Å². The number of nitro benzene ring substituents is 1. The van der Waals surface area contributed by atoms with Gasteiger partial charge in [0.2, 0.25) is 0 Å². The summed E-state index contributed by atoms with van der Waals surface area (Å²) in [6.07, 6.45) is 0. The fraction of sp³-hybridized carbons (Fsp3) is 0.100. The topological polar surface area (TPSA) is 116 Å². The molecular formula is C10H5N5O2. The molecule has 0 fully saturated rings. The molecule has 7 heteroatoms. The Balaban J connectivity index is 3.14. The van der Waals surface area contributed by atoms with Crippen molar-refractivity contribution in [1.29, 1.82) is 5.26 Å². The summed E-state index contributed by atoms with van der Waals surface area (Å²) in [6, 6.07) is 5.78. The fourth-order valence-corrected chi connectivity index (χ4v) is 1.06. The number of rotatable bonds is 2. The van der Waals surface area contributed by atoms with E-state index in [0.717, 1.165) is 6.07 Å². The van der Waals surface area contributed by atoms with Gasteiger partial charge in [-0.15, -0.1) is 0 Å². The zero-order valence-electron chi connectivity index (χ0n) is 8.49. The van der Waals surface area contributed by atoms with Crippen molar-refractivity contribution in [2.75, 3.05) is 6.54 Å². The van der Waals surface area contributed by atoms with Crippen LogP contribution < -0.4 is 0 Å². The highest BCUT2D eigenvalue weighted by Crippen LogP contribution is 2.18. The molecule has 0 radical (unpaired) electrons. The molecule has 0 N–H and O–H groups in total. The van der Waals surface area contributed by atoms with Crippen LogP contribution in [0.2, 0.25) is 0 Å². The lowest BCUT2D eigenvalue weighted by molar-refractivity contribution is -0.385. The second kappa shape index (κ2) is 5.76. The minimum Gasteiger partial charge on any atom is -0.258 e. The normalized spacial score (nSPS) is 8.18. The molecule has 0 unspecified atom stereocenters. The molecule has 1 rings (SSSR count). The number of nitro groups is 1. The summed E-state index contributed by atoms with van der Waals surface area (Å²) in [4.78, 5) is 12.6. The third-order valence-electron chi connectivity index (χ3n) is 1.76. The van der Waals surface area contributed by atoms with Crippen molar-refractivity contribution >= 4 is 5.69 Å². The van der Waals surface area contributed by atoms with Crippen LogP contribution in [0, 0.1) is 33.3 Å². The molecule has 7 nitrogen and oxygen atoms in total. The number of benzene rings is 1. The van der Waals surface area contributed by atoms with Crippen molar-refractivity contribution in [3.63, 3.8) is 0 Å². The summed E-state index contributed by atoms with van der Waals surface area (Å²) in [6.45, 7) is -0.0618. The monoisotopic (exact) mass is 227 g/mol. The van der Waals surface area contributed by atoms with Crippen molar-refractivity contribution in [2.24, 2.45) is 5.11 Å². The van der Waals surface area contributed by atoms with E-state index in [0.29, 0.717) is 0 Å². The van der Waals surface area contributed by atoms with Gasteiger partial charge in [0, 0.05) is 11.0 Å². The Morgan fingerprint density at radius 3 is 2.94 bits per heavy atom. The van der Waals surface area contributed by atoms with Crippen molar-refractivity contribution < 1.29 is 4.92 Å². The average molecular weight is 227 g/mol. The summed E-state index contributed by atoms with van der Waals surface area (Å²) in [5.41, 5.74) is 8.16. The molecule has 0 aliphatic rings. The summed E-state index contributed by atoms with van der Waals surface area (Å²) >= 11 is 0. The Labute approximate surface area is 96.1 Å². The maximum atomic E-state index is 10.7. The molecular weight excluding hydrogens is 222 g/mol. The van der Waals surface area contributed by atoms with Crippen LogP contribution in [0.1, 0.15) is 11.1 Å². The van der Waals surface area contributed by atoms with Gasteiger partial charge in [-0.25, -0.2) is 0 Å². The van der Waals surface area contributed by atoms with E-state index in [9.17, 15) is 10.1 Å². The van der Waals surface area contributed by atoms with Gasteiger partial charge in [-0.1, -0.05) is 17.0 Å². The molecule has 0 atom stereocenters. The van der Waals surface area contributed by atoms with Crippen LogP contribution >= 0.6 is 0 Å². The van der Waals surface area contributed by atoms with Gasteiger partial charge in [0.05, 0.1) is 23.1 Å². The molecule has 0 saturated carbocycles. The highest BCUT2D eigenvalue weighted by molar-refractivity contribution is 5.54. The third kappa shape index (κ3) is 3.24. The Hall–Kier alpha value is -3.02. The number of hydrogen-bond acceptors (Lipinski definition) is 4. The van der Waals surface area contributed by atoms with E-state index >= 15 is 0 Å². The zero-order valence-corrected chi connectivity index (χ0v) is 8.49. The largest absolute Gasteiger partial charge is 0.286 e. The quantitative estimate of drug-likeness (QED) is 0.192. The van der Waals surface area contributed by atoms with Crippen LogP contribution in [0.15, 0.2) is 23.3 Å². The van der Waals surface area contributed by atoms with Crippen molar-refractivity contribution in [3.8, 4) is 17.9 Å². The number of hydrogen-bond donors (Lipinski definition) is 0. The van der Waals surface area contributed by atoms with E-state index in [1.807, 2.05) is 0 Å². The first-order chi connectivity index (χ1) is 8.19. The summed E-state index contributed by atoms with van der Waals surface area (Å²) in [5, 5.41) is 22.5. The van der Waals surface area contributed by atoms with Gasteiger partial charge in [-0.3, -0.25) is 10.1 Å². The van der Waals surface area contributed by atoms with E-state index in [4.69, 9.17) is 10.8 Å². The molecule has 0 aromatic heterocycles. The molecule has 0 bridgehead atoms. The Bertz CT molecular complexity index is 599. The van der Waals surface area contributed by atoms with Crippen LogP contribution in [0.25, 0.3) is 10.4 Å². The lowest BCUT2D eigenvalue weighted by atomic mass is 10.1. The number of azide groups is 1. The van der Waals surface area contributed by atoms with Crippen molar-refractivity contribution in [2.45, 2.75) is 0 Å². The van der Waals surface area contributed by atoms with E-state index in [1.54, 1.807) is 6.07 Å². The van der Waals surface area contributed by atoms with Crippen molar-refractivity contribution in [3.05, 3.63) is 49.9 Å². The molecule has 0 amide bonds. The lowest BCUT2D eigenvalue weighted by Gasteiger charge is -1.95. The maximum Gasteiger partial charge on any atom is 0.286 e. The van der Waals surface area contributed by atoms with Gasteiger partial charge in [0.15, 0.2) is 0 Å². The fourth-order valence-electron chi connectivity index (χ4n) is 1.06. The molecule has 0 aliphatic heterocycles. The van der Waals surface area contributed by atoms with Gasteiger partial charge in [-0.2, -0.15) is 5.26 Å². The minimum absolute atomic E-state index is 0.0618. The predicted molar refractivity (Wildman–Crippen MR) is 58.7 cm³/mol. The number of nitrogens with zero attached hydrogens (tertiary/aromatic N) is 5. The first-order valence-electron chi connectivity index (χ1n) is 4.37. The van der Waals surface area contributed by atoms with Gasteiger partial charge in [-0.05, 0) is 17.7 Å². The lowest BCUT2D eigenvalue weighted by Crippen LogP contribution is -1.93. The highest BCUT2D eigenvalue weighted by atomic mass is 16.6.